The highest BCUT2D eigenvalue weighted by Crippen LogP contribution is 2.27. The summed E-state index contributed by atoms with van der Waals surface area (Å²) < 4.78 is 7.86. The van der Waals surface area contributed by atoms with Crippen LogP contribution in [-0.4, -0.2) is 26.4 Å². The summed E-state index contributed by atoms with van der Waals surface area (Å²) in [5.74, 6) is 1.57. The number of carbonyl (C=O) groups excluding carboxylic acids is 1. The van der Waals surface area contributed by atoms with Crippen molar-refractivity contribution < 1.29 is 9.53 Å². The van der Waals surface area contributed by atoms with E-state index in [-0.39, 0.29) is 17.8 Å². The zero-order valence-electron chi connectivity index (χ0n) is 15.8. The number of nitrogens with zero attached hydrogens (tertiary/aromatic N) is 3. The molecular formula is C20H21ClN4O2S. The van der Waals surface area contributed by atoms with Crippen LogP contribution in [0.2, 0.25) is 5.02 Å². The van der Waals surface area contributed by atoms with Gasteiger partial charge in [-0.3, -0.25) is 4.79 Å². The Kier molecular flexibility index (Phi) is 6.59. The molecule has 0 bridgehead atoms. The standard InChI is InChI=1S/C20H21ClN4O2S/c1-13-11-15(21)9-10-17(13)27-14(2)19-23-24-20(25(19)3)28-12-18(26)22-16-7-5-4-6-8-16/h4-11,14H,12H2,1-3H3,(H,22,26). The second kappa shape index (κ2) is 9.12. The maximum absolute atomic E-state index is 12.1. The topological polar surface area (TPSA) is 69.0 Å². The normalized spacial score (nSPS) is 11.9. The maximum atomic E-state index is 12.1. The summed E-state index contributed by atoms with van der Waals surface area (Å²) in [6.07, 6.45) is -0.301. The summed E-state index contributed by atoms with van der Waals surface area (Å²) in [7, 11) is 1.86. The second-order valence-corrected chi connectivity index (χ2v) is 7.65. The third-order valence-electron chi connectivity index (χ3n) is 4.06. The van der Waals surface area contributed by atoms with Crippen LogP contribution < -0.4 is 10.1 Å². The van der Waals surface area contributed by atoms with Crippen LogP contribution in [-0.2, 0) is 11.8 Å². The van der Waals surface area contributed by atoms with E-state index in [1.54, 1.807) is 6.07 Å². The number of amides is 1. The molecule has 0 saturated carbocycles. The first-order valence-corrected chi connectivity index (χ1v) is 10.1. The van der Waals surface area contributed by atoms with Gasteiger partial charge in [-0.05, 0) is 49.7 Å². The van der Waals surface area contributed by atoms with Crippen molar-refractivity contribution >= 4 is 35.0 Å². The highest BCUT2D eigenvalue weighted by molar-refractivity contribution is 7.99. The van der Waals surface area contributed by atoms with Gasteiger partial charge in [0.1, 0.15) is 5.75 Å². The molecule has 3 aromatic rings. The summed E-state index contributed by atoms with van der Waals surface area (Å²) in [6, 6.07) is 14.8. The van der Waals surface area contributed by atoms with Crippen LogP contribution in [0.4, 0.5) is 5.69 Å². The van der Waals surface area contributed by atoms with Crippen molar-refractivity contribution in [3.63, 3.8) is 0 Å². The quantitative estimate of drug-likeness (QED) is 0.568. The largest absolute Gasteiger partial charge is 0.482 e. The number of anilines is 1. The lowest BCUT2D eigenvalue weighted by Gasteiger charge is -2.16. The van der Waals surface area contributed by atoms with E-state index < -0.39 is 0 Å². The van der Waals surface area contributed by atoms with Crippen molar-refractivity contribution in [2.24, 2.45) is 7.05 Å². The molecule has 0 saturated heterocycles. The van der Waals surface area contributed by atoms with Gasteiger partial charge in [-0.25, -0.2) is 0 Å². The van der Waals surface area contributed by atoms with Gasteiger partial charge in [0.25, 0.3) is 0 Å². The molecule has 0 fully saturated rings. The van der Waals surface area contributed by atoms with Gasteiger partial charge < -0.3 is 14.6 Å². The Labute approximate surface area is 173 Å². The number of para-hydroxylation sites is 1. The lowest BCUT2D eigenvalue weighted by Crippen LogP contribution is -2.14. The van der Waals surface area contributed by atoms with Crippen LogP contribution in [0.3, 0.4) is 0 Å². The Morgan fingerprint density at radius 3 is 2.71 bits per heavy atom. The Morgan fingerprint density at radius 2 is 2.00 bits per heavy atom. The average Bonchev–Trinajstić information content (AvgIpc) is 3.04. The van der Waals surface area contributed by atoms with Crippen LogP contribution in [0, 0.1) is 6.92 Å². The van der Waals surface area contributed by atoms with Crippen molar-refractivity contribution in [1.29, 1.82) is 0 Å². The van der Waals surface area contributed by atoms with Gasteiger partial charge in [-0.1, -0.05) is 41.6 Å². The Bertz CT molecular complexity index is 962. The van der Waals surface area contributed by atoms with Gasteiger partial charge in [-0.2, -0.15) is 0 Å². The molecular weight excluding hydrogens is 396 g/mol. The zero-order chi connectivity index (χ0) is 20.1. The number of nitrogens with one attached hydrogen (secondary N) is 1. The highest BCUT2D eigenvalue weighted by atomic mass is 35.5. The van der Waals surface area contributed by atoms with Crippen LogP contribution in [0.5, 0.6) is 5.75 Å². The minimum atomic E-state index is -0.301. The molecule has 2 aromatic carbocycles. The molecule has 1 heterocycles. The molecule has 146 valence electrons. The SMILES string of the molecule is Cc1cc(Cl)ccc1OC(C)c1nnc(SCC(=O)Nc2ccccc2)n1C. The number of benzene rings is 2. The minimum Gasteiger partial charge on any atom is -0.482 e. The van der Waals surface area contributed by atoms with E-state index in [1.165, 1.54) is 11.8 Å². The van der Waals surface area contributed by atoms with Crippen LogP contribution >= 0.6 is 23.4 Å². The van der Waals surface area contributed by atoms with Gasteiger partial charge in [-0.15, -0.1) is 10.2 Å². The number of ether oxygens (including phenoxy) is 1. The summed E-state index contributed by atoms with van der Waals surface area (Å²) in [4.78, 5) is 12.1. The fraction of sp³-hybridized carbons (Fsp3) is 0.250. The van der Waals surface area contributed by atoms with E-state index in [9.17, 15) is 4.79 Å². The van der Waals surface area contributed by atoms with Crippen molar-refractivity contribution in [1.82, 2.24) is 14.8 Å². The number of halogens is 1. The van der Waals surface area contributed by atoms with Crippen molar-refractivity contribution in [2.45, 2.75) is 25.1 Å². The molecule has 1 N–H and O–H groups in total. The Hall–Kier alpha value is -2.51. The maximum Gasteiger partial charge on any atom is 0.234 e. The number of aryl methyl sites for hydroxylation is 1. The van der Waals surface area contributed by atoms with E-state index in [0.717, 1.165) is 17.0 Å². The van der Waals surface area contributed by atoms with Gasteiger partial charge >= 0.3 is 0 Å². The third-order valence-corrected chi connectivity index (χ3v) is 5.32. The molecule has 1 atom stereocenters. The molecule has 0 aliphatic heterocycles. The monoisotopic (exact) mass is 416 g/mol. The van der Waals surface area contributed by atoms with E-state index in [0.29, 0.717) is 16.0 Å². The van der Waals surface area contributed by atoms with E-state index >= 15 is 0 Å². The predicted octanol–water partition coefficient (Wildman–Crippen LogP) is 4.65. The molecule has 28 heavy (non-hydrogen) atoms. The van der Waals surface area contributed by atoms with Gasteiger partial charge in [0.15, 0.2) is 17.1 Å². The molecule has 1 amide bonds. The van der Waals surface area contributed by atoms with Gasteiger partial charge in [0, 0.05) is 17.8 Å². The average molecular weight is 417 g/mol. The smallest absolute Gasteiger partial charge is 0.234 e. The lowest BCUT2D eigenvalue weighted by atomic mass is 10.2. The minimum absolute atomic E-state index is 0.0955. The number of hydrogen-bond donors (Lipinski definition) is 1. The highest BCUT2D eigenvalue weighted by Gasteiger charge is 2.18. The summed E-state index contributed by atoms with van der Waals surface area (Å²) in [5.41, 5.74) is 1.72. The van der Waals surface area contributed by atoms with Crippen molar-refractivity contribution in [3.05, 3.63) is 64.9 Å². The second-order valence-electron chi connectivity index (χ2n) is 6.27. The Morgan fingerprint density at radius 1 is 1.25 bits per heavy atom. The van der Waals surface area contributed by atoms with Crippen molar-refractivity contribution in [3.8, 4) is 5.75 Å². The van der Waals surface area contributed by atoms with Crippen molar-refractivity contribution in [2.75, 3.05) is 11.1 Å². The van der Waals surface area contributed by atoms with Crippen LogP contribution in [0.1, 0.15) is 24.4 Å². The van der Waals surface area contributed by atoms with E-state index in [4.69, 9.17) is 16.3 Å². The number of aromatic nitrogens is 3. The number of rotatable bonds is 7. The number of hydrogen-bond acceptors (Lipinski definition) is 5. The fourth-order valence-corrected chi connectivity index (χ4v) is 3.59. The zero-order valence-corrected chi connectivity index (χ0v) is 17.4. The van der Waals surface area contributed by atoms with Crippen LogP contribution in [0.15, 0.2) is 53.7 Å². The summed E-state index contributed by atoms with van der Waals surface area (Å²) in [6.45, 7) is 3.85. The molecule has 8 heteroatoms. The lowest BCUT2D eigenvalue weighted by molar-refractivity contribution is -0.113. The fourth-order valence-electron chi connectivity index (χ4n) is 2.64. The molecule has 0 radical (unpaired) electrons. The molecule has 0 aliphatic carbocycles. The molecule has 1 aromatic heterocycles. The van der Waals surface area contributed by atoms with E-state index in [1.807, 2.05) is 67.9 Å². The Balaban J connectivity index is 1.60. The van der Waals surface area contributed by atoms with Gasteiger partial charge in [0.2, 0.25) is 5.91 Å². The molecule has 6 nitrogen and oxygen atoms in total. The summed E-state index contributed by atoms with van der Waals surface area (Å²) >= 11 is 7.32. The van der Waals surface area contributed by atoms with Crippen LogP contribution in [0.25, 0.3) is 0 Å². The molecule has 1 unspecified atom stereocenters. The molecule has 0 aliphatic rings. The number of thioether (sulfide) groups is 1. The molecule has 0 spiro atoms. The van der Waals surface area contributed by atoms with Gasteiger partial charge in [0.05, 0.1) is 5.75 Å². The van der Waals surface area contributed by atoms with E-state index in [2.05, 4.69) is 15.5 Å². The third kappa shape index (κ3) is 5.05. The molecule has 3 rings (SSSR count). The first-order chi connectivity index (χ1) is 13.4. The predicted molar refractivity (Wildman–Crippen MR) is 112 cm³/mol. The number of carbonyl (C=O) groups is 1. The first kappa shape index (κ1) is 20.2. The first-order valence-electron chi connectivity index (χ1n) is 8.74. The summed E-state index contributed by atoms with van der Waals surface area (Å²) in [5, 5.41) is 12.6.